The van der Waals surface area contributed by atoms with Gasteiger partial charge in [0.1, 0.15) is 5.75 Å². The summed E-state index contributed by atoms with van der Waals surface area (Å²) >= 11 is 0. The third-order valence-electron chi connectivity index (χ3n) is 1.93. The minimum Gasteiger partial charge on any atom is -0.508 e. The van der Waals surface area contributed by atoms with Gasteiger partial charge in [-0.2, -0.15) is 5.10 Å². The van der Waals surface area contributed by atoms with E-state index in [1.165, 1.54) is 16.6 Å². The summed E-state index contributed by atoms with van der Waals surface area (Å²) in [6, 6.07) is 4.59. The Balaban J connectivity index is 2.42. The summed E-state index contributed by atoms with van der Waals surface area (Å²) in [6.45, 7) is 2.05. The lowest BCUT2D eigenvalue weighted by Crippen LogP contribution is -2.05. The summed E-state index contributed by atoms with van der Waals surface area (Å²) in [5.41, 5.74) is 0.889. The second-order valence-electron chi connectivity index (χ2n) is 3.00. The number of rotatable bonds is 2. The van der Waals surface area contributed by atoms with E-state index in [1.54, 1.807) is 19.2 Å². The van der Waals surface area contributed by atoms with Crippen LogP contribution in [0.5, 0.6) is 5.75 Å². The van der Waals surface area contributed by atoms with Crippen LogP contribution in [0, 0.1) is 0 Å². The van der Waals surface area contributed by atoms with Crippen LogP contribution in [0.25, 0.3) is 5.52 Å². The summed E-state index contributed by atoms with van der Waals surface area (Å²) < 4.78 is 6.32. The Morgan fingerprint density at radius 1 is 1.60 bits per heavy atom. The van der Waals surface area contributed by atoms with Crippen LogP contribution in [0.1, 0.15) is 17.4 Å². The molecule has 0 radical (unpaired) electrons. The van der Waals surface area contributed by atoms with E-state index < -0.39 is 5.97 Å². The lowest BCUT2D eigenvalue weighted by molar-refractivity contribution is 0.0519. The molecule has 5 nitrogen and oxygen atoms in total. The van der Waals surface area contributed by atoms with Crippen molar-refractivity contribution in [3.05, 3.63) is 30.1 Å². The van der Waals surface area contributed by atoms with E-state index in [9.17, 15) is 9.90 Å². The summed E-state index contributed by atoms with van der Waals surface area (Å²) in [7, 11) is 0. The van der Waals surface area contributed by atoms with E-state index in [2.05, 4.69) is 5.10 Å². The molecule has 78 valence electrons. The molecular formula is C10H10N2O3. The molecule has 0 saturated carbocycles. The van der Waals surface area contributed by atoms with Crippen LogP contribution in [0.3, 0.4) is 0 Å². The van der Waals surface area contributed by atoms with Crippen molar-refractivity contribution in [1.82, 2.24) is 9.61 Å². The Morgan fingerprint density at radius 2 is 2.40 bits per heavy atom. The molecule has 0 aromatic carbocycles. The number of ether oxygens (including phenoxy) is 1. The van der Waals surface area contributed by atoms with E-state index in [-0.39, 0.29) is 11.4 Å². The molecule has 2 aromatic heterocycles. The second kappa shape index (κ2) is 3.61. The van der Waals surface area contributed by atoms with Gasteiger partial charge in [0.2, 0.25) is 0 Å². The van der Waals surface area contributed by atoms with Crippen molar-refractivity contribution in [2.45, 2.75) is 6.92 Å². The highest BCUT2D eigenvalue weighted by molar-refractivity contribution is 5.88. The van der Waals surface area contributed by atoms with Crippen LogP contribution in [0.15, 0.2) is 24.4 Å². The lowest BCUT2D eigenvalue weighted by atomic mass is 10.3. The fraction of sp³-hybridized carbons (Fsp3) is 0.200. The summed E-state index contributed by atoms with van der Waals surface area (Å²) in [6.07, 6.45) is 1.58. The molecule has 2 aromatic rings. The summed E-state index contributed by atoms with van der Waals surface area (Å²) in [4.78, 5) is 11.3. The van der Waals surface area contributed by atoms with Crippen LogP contribution >= 0.6 is 0 Å². The lowest BCUT2D eigenvalue weighted by Gasteiger charge is -1.95. The Morgan fingerprint density at radius 3 is 3.13 bits per heavy atom. The molecule has 0 saturated heterocycles. The molecule has 2 rings (SSSR count). The monoisotopic (exact) mass is 206 g/mol. The maximum Gasteiger partial charge on any atom is 0.358 e. The molecule has 5 heteroatoms. The van der Waals surface area contributed by atoms with Crippen LogP contribution in [0.2, 0.25) is 0 Å². The van der Waals surface area contributed by atoms with Crippen molar-refractivity contribution in [1.29, 1.82) is 0 Å². The van der Waals surface area contributed by atoms with Crippen molar-refractivity contribution < 1.29 is 14.6 Å². The Labute approximate surface area is 85.9 Å². The predicted molar refractivity (Wildman–Crippen MR) is 52.8 cm³/mol. The molecule has 2 heterocycles. The van der Waals surface area contributed by atoms with Gasteiger partial charge in [-0.1, -0.05) is 0 Å². The highest BCUT2D eigenvalue weighted by Crippen LogP contribution is 2.14. The highest BCUT2D eigenvalue weighted by Gasteiger charge is 2.11. The molecule has 0 amide bonds. The molecule has 0 unspecified atom stereocenters. The summed E-state index contributed by atoms with van der Waals surface area (Å²) in [5.74, 6) is -0.321. The Hall–Kier alpha value is -2.04. The first-order valence-electron chi connectivity index (χ1n) is 4.56. The number of carbonyl (C=O) groups is 1. The van der Waals surface area contributed by atoms with E-state index >= 15 is 0 Å². The number of aromatic hydroxyl groups is 1. The minimum absolute atomic E-state index is 0.137. The van der Waals surface area contributed by atoms with Gasteiger partial charge in [0.25, 0.3) is 0 Å². The van der Waals surface area contributed by atoms with Gasteiger partial charge in [-0.15, -0.1) is 0 Å². The fourth-order valence-corrected chi connectivity index (χ4v) is 1.29. The van der Waals surface area contributed by atoms with Crippen molar-refractivity contribution in [2.75, 3.05) is 6.61 Å². The Kier molecular flexibility index (Phi) is 2.29. The quantitative estimate of drug-likeness (QED) is 0.750. The predicted octanol–water partition coefficient (Wildman–Crippen LogP) is 1.22. The highest BCUT2D eigenvalue weighted by atomic mass is 16.5. The number of aromatic nitrogens is 2. The standard InChI is InChI=1S/C10H10N2O3/c1-2-15-10(14)9-6-7-5-8(13)3-4-12(7)11-9/h3-6,13H,2H2,1H3. The smallest absolute Gasteiger partial charge is 0.358 e. The third-order valence-corrected chi connectivity index (χ3v) is 1.93. The maximum atomic E-state index is 11.3. The number of nitrogens with zero attached hydrogens (tertiary/aromatic N) is 2. The van der Waals surface area contributed by atoms with E-state index in [1.807, 2.05) is 0 Å². The number of pyridine rings is 1. The first-order chi connectivity index (χ1) is 7.20. The average molecular weight is 206 g/mol. The molecule has 0 aliphatic carbocycles. The van der Waals surface area contributed by atoms with Gasteiger partial charge in [0.05, 0.1) is 12.1 Å². The third kappa shape index (κ3) is 1.76. The van der Waals surface area contributed by atoms with Gasteiger partial charge in [-0.05, 0) is 19.1 Å². The van der Waals surface area contributed by atoms with Crippen molar-refractivity contribution in [3.63, 3.8) is 0 Å². The zero-order valence-electron chi connectivity index (χ0n) is 8.17. The molecule has 0 bridgehead atoms. The number of hydrogen-bond donors (Lipinski definition) is 1. The zero-order valence-corrected chi connectivity index (χ0v) is 8.17. The largest absolute Gasteiger partial charge is 0.508 e. The summed E-state index contributed by atoms with van der Waals surface area (Å²) in [5, 5.41) is 13.2. The molecule has 0 spiro atoms. The van der Waals surface area contributed by atoms with Gasteiger partial charge in [-0.25, -0.2) is 9.31 Å². The Bertz CT molecular complexity index is 504. The molecule has 0 fully saturated rings. The van der Waals surface area contributed by atoms with Gasteiger partial charge in [-0.3, -0.25) is 0 Å². The van der Waals surface area contributed by atoms with Gasteiger partial charge in [0, 0.05) is 12.3 Å². The van der Waals surface area contributed by atoms with Crippen LogP contribution in [-0.4, -0.2) is 27.3 Å². The fourth-order valence-electron chi connectivity index (χ4n) is 1.29. The number of fused-ring (bicyclic) bond motifs is 1. The van der Waals surface area contributed by atoms with Crippen LogP contribution < -0.4 is 0 Å². The second-order valence-corrected chi connectivity index (χ2v) is 3.00. The SMILES string of the molecule is CCOC(=O)c1cc2cc(O)ccn2n1. The molecule has 0 aliphatic heterocycles. The topological polar surface area (TPSA) is 63.8 Å². The average Bonchev–Trinajstić information content (AvgIpc) is 2.60. The van der Waals surface area contributed by atoms with Crippen molar-refractivity contribution in [2.24, 2.45) is 0 Å². The van der Waals surface area contributed by atoms with Gasteiger partial charge in [0.15, 0.2) is 5.69 Å². The van der Waals surface area contributed by atoms with E-state index in [0.29, 0.717) is 12.1 Å². The van der Waals surface area contributed by atoms with E-state index in [4.69, 9.17) is 4.74 Å². The minimum atomic E-state index is -0.458. The molecule has 1 N–H and O–H groups in total. The van der Waals surface area contributed by atoms with Gasteiger partial charge < -0.3 is 9.84 Å². The van der Waals surface area contributed by atoms with Crippen LogP contribution in [0.4, 0.5) is 0 Å². The van der Waals surface area contributed by atoms with Gasteiger partial charge >= 0.3 is 5.97 Å². The normalized spacial score (nSPS) is 10.5. The maximum absolute atomic E-state index is 11.3. The first kappa shape index (κ1) is 9.51. The van der Waals surface area contributed by atoms with E-state index in [0.717, 1.165) is 0 Å². The number of hydrogen-bond acceptors (Lipinski definition) is 4. The molecule has 15 heavy (non-hydrogen) atoms. The molecule has 0 aliphatic rings. The first-order valence-corrected chi connectivity index (χ1v) is 4.56. The number of esters is 1. The van der Waals surface area contributed by atoms with Crippen molar-refractivity contribution in [3.8, 4) is 5.75 Å². The van der Waals surface area contributed by atoms with Crippen molar-refractivity contribution >= 4 is 11.5 Å². The zero-order chi connectivity index (χ0) is 10.8. The van der Waals surface area contributed by atoms with Crippen LogP contribution in [-0.2, 0) is 4.74 Å². The molecule has 0 atom stereocenters. The molecular weight excluding hydrogens is 196 g/mol. The number of carbonyl (C=O) groups excluding carboxylic acids is 1.